The van der Waals surface area contributed by atoms with Crippen molar-refractivity contribution in [2.45, 2.75) is 26.5 Å². The Bertz CT molecular complexity index is 1230. The van der Waals surface area contributed by atoms with E-state index in [1.165, 1.54) is 7.11 Å². The molecule has 0 aliphatic carbocycles. The van der Waals surface area contributed by atoms with Crippen LogP contribution in [0.25, 0.3) is 6.08 Å². The molecule has 3 aromatic rings. The van der Waals surface area contributed by atoms with Crippen LogP contribution in [0.2, 0.25) is 0 Å². The summed E-state index contributed by atoms with van der Waals surface area (Å²) in [6, 6.07) is 26.9. The second kappa shape index (κ2) is 10.2. The number of nitrogens with zero attached hydrogens (tertiary/aromatic N) is 1. The molecule has 3 aromatic carbocycles. The van der Waals surface area contributed by atoms with Gasteiger partial charge >= 0.3 is 5.97 Å². The molecule has 4 rings (SSSR count). The maximum absolute atomic E-state index is 13.5. The molecule has 0 fully saturated rings. The summed E-state index contributed by atoms with van der Waals surface area (Å²) in [7, 11) is 1.33. The van der Waals surface area contributed by atoms with E-state index in [-0.39, 0.29) is 11.9 Å². The van der Waals surface area contributed by atoms with Crippen molar-refractivity contribution in [1.29, 1.82) is 0 Å². The van der Waals surface area contributed by atoms with Crippen molar-refractivity contribution in [2.75, 3.05) is 7.11 Å². The van der Waals surface area contributed by atoms with E-state index in [4.69, 9.17) is 9.47 Å². The molecule has 0 spiro atoms. The number of hydrogen-bond acceptors (Lipinski definition) is 4. The van der Waals surface area contributed by atoms with Gasteiger partial charge in [0.1, 0.15) is 12.4 Å². The highest BCUT2D eigenvalue weighted by molar-refractivity contribution is 6.16. The maximum Gasteiger partial charge on any atom is 0.340 e. The molecule has 0 saturated heterocycles. The van der Waals surface area contributed by atoms with Crippen LogP contribution in [0.4, 0.5) is 0 Å². The predicted molar refractivity (Wildman–Crippen MR) is 132 cm³/mol. The van der Waals surface area contributed by atoms with Gasteiger partial charge in [0, 0.05) is 5.70 Å². The number of rotatable bonds is 7. The molecule has 1 aliphatic rings. The highest BCUT2D eigenvalue weighted by Gasteiger charge is 2.39. The van der Waals surface area contributed by atoms with Gasteiger partial charge in [0.15, 0.2) is 0 Å². The molecule has 172 valence electrons. The van der Waals surface area contributed by atoms with E-state index in [0.29, 0.717) is 23.5 Å². The van der Waals surface area contributed by atoms with Crippen molar-refractivity contribution in [3.63, 3.8) is 0 Å². The van der Waals surface area contributed by atoms with Crippen LogP contribution in [0.15, 0.2) is 102 Å². The smallest absolute Gasteiger partial charge is 0.340 e. The van der Waals surface area contributed by atoms with Crippen molar-refractivity contribution in [3.8, 4) is 5.75 Å². The molecule has 0 aromatic heterocycles. The third kappa shape index (κ3) is 4.79. The Morgan fingerprint density at radius 1 is 0.941 bits per heavy atom. The second-order valence-corrected chi connectivity index (χ2v) is 8.12. The molecule has 0 N–H and O–H groups in total. The number of amides is 1. The molecule has 0 saturated carbocycles. The molecule has 5 nitrogen and oxygen atoms in total. The molecule has 1 heterocycles. The van der Waals surface area contributed by atoms with Crippen LogP contribution >= 0.6 is 0 Å². The van der Waals surface area contributed by atoms with Gasteiger partial charge in [0.2, 0.25) is 0 Å². The highest BCUT2D eigenvalue weighted by atomic mass is 16.5. The van der Waals surface area contributed by atoms with Crippen molar-refractivity contribution in [1.82, 2.24) is 4.90 Å². The van der Waals surface area contributed by atoms with Gasteiger partial charge in [-0.25, -0.2) is 4.79 Å². The lowest BCUT2D eigenvalue weighted by molar-refractivity contribution is -0.136. The van der Waals surface area contributed by atoms with Gasteiger partial charge in [-0.3, -0.25) is 4.79 Å². The summed E-state index contributed by atoms with van der Waals surface area (Å²) in [4.78, 5) is 27.8. The van der Waals surface area contributed by atoms with Gasteiger partial charge < -0.3 is 14.4 Å². The van der Waals surface area contributed by atoms with Gasteiger partial charge in [-0.2, -0.15) is 0 Å². The molecule has 1 amide bonds. The first-order valence-corrected chi connectivity index (χ1v) is 11.2. The summed E-state index contributed by atoms with van der Waals surface area (Å²) in [6.45, 7) is 4.21. The van der Waals surface area contributed by atoms with Crippen LogP contribution in [0.3, 0.4) is 0 Å². The summed E-state index contributed by atoms with van der Waals surface area (Å²) in [5.41, 5.74) is 4.06. The van der Waals surface area contributed by atoms with Crippen LogP contribution in [0.5, 0.6) is 5.75 Å². The third-order valence-corrected chi connectivity index (χ3v) is 5.94. The van der Waals surface area contributed by atoms with Crippen LogP contribution in [-0.4, -0.2) is 23.9 Å². The maximum atomic E-state index is 13.5. The number of esters is 1. The molecule has 1 atom stereocenters. The quantitative estimate of drug-likeness (QED) is 0.340. The van der Waals surface area contributed by atoms with Crippen LogP contribution < -0.4 is 4.74 Å². The number of ether oxygens (including phenoxy) is 2. The Morgan fingerprint density at radius 3 is 2.18 bits per heavy atom. The molecule has 0 radical (unpaired) electrons. The van der Waals surface area contributed by atoms with Crippen molar-refractivity contribution in [3.05, 3.63) is 118 Å². The lowest BCUT2D eigenvalue weighted by Gasteiger charge is -2.26. The Balaban J connectivity index is 1.59. The number of benzene rings is 3. The zero-order chi connectivity index (χ0) is 24.1. The minimum Gasteiger partial charge on any atom is -0.489 e. The molecule has 34 heavy (non-hydrogen) atoms. The fourth-order valence-corrected chi connectivity index (χ4v) is 4.11. The zero-order valence-electron chi connectivity index (χ0n) is 19.5. The van der Waals surface area contributed by atoms with E-state index in [9.17, 15) is 9.59 Å². The van der Waals surface area contributed by atoms with Crippen LogP contribution in [-0.2, 0) is 20.9 Å². The third-order valence-electron chi connectivity index (χ3n) is 5.94. The van der Waals surface area contributed by atoms with Crippen molar-refractivity contribution >= 4 is 18.0 Å². The lowest BCUT2D eigenvalue weighted by Crippen LogP contribution is -2.28. The number of allylic oxidation sites excluding steroid dienone is 1. The van der Waals surface area contributed by atoms with Crippen molar-refractivity contribution in [2.24, 2.45) is 0 Å². The zero-order valence-corrected chi connectivity index (χ0v) is 19.5. The summed E-state index contributed by atoms with van der Waals surface area (Å²) in [5, 5.41) is 0. The molecule has 1 aliphatic heterocycles. The Morgan fingerprint density at radius 2 is 1.56 bits per heavy atom. The van der Waals surface area contributed by atoms with Crippen LogP contribution in [0, 0.1) is 0 Å². The first-order chi connectivity index (χ1) is 16.5. The number of hydrogen-bond donors (Lipinski definition) is 0. The Kier molecular flexibility index (Phi) is 6.93. The first kappa shape index (κ1) is 23.1. The van der Waals surface area contributed by atoms with E-state index < -0.39 is 5.97 Å². The lowest BCUT2D eigenvalue weighted by atomic mass is 10.0. The highest BCUT2D eigenvalue weighted by Crippen LogP contribution is 2.37. The van der Waals surface area contributed by atoms with Gasteiger partial charge in [-0.15, -0.1) is 0 Å². The van der Waals surface area contributed by atoms with E-state index in [1.54, 1.807) is 17.9 Å². The van der Waals surface area contributed by atoms with Gasteiger partial charge in [0.25, 0.3) is 5.91 Å². The summed E-state index contributed by atoms with van der Waals surface area (Å²) < 4.78 is 10.9. The molecular weight excluding hydrogens is 426 g/mol. The fraction of sp³-hybridized carbons (Fsp3) is 0.172. The van der Waals surface area contributed by atoms with Crippen LogP contribution in [0.1, 0.15) is 36.6 Å². The monoisotopic (exact) mass is 453 g/mol. The molecule has 0 unspecified atom stereocenters. The number of carbonyl (C=O) groups excluding carboxylic acids is 2. The standard InChI is InChI=1S/C29H27NO4/c1-20(24-12-8-5-9-13-24)30-21(2)27(29(32)33-3)26(28(30)31)18-22-14-16-25(17-15-22)34-19-23-10-6-4-7-11-23/h4-18,20H,19H2,1-3H3/b26-18-/t20-/m1/s1. The average molecular weight is 454 g/mol. The van der Waals surface area contributed by atoms with Gasteiger partial charge in [-0.1, -0.05) is 72.8 Å². The SMILES string of the molecule is COC(=O)C1=C(C)N([C@H](C)c2ccccc2)C(=O)/C1=C\c1ccc(OCc2ccccc2)cc1. The normalized spacial score (nSPS) is 15.6. The Hall–Kier alpha value is -4.12. The van der Waals surface area contributed by atoms with Gasteiger partial charge in [0.05, 0.1) is 24.3 Å². The minimum atomic E-state index is -0.525. The van der Waals surface area contributed by atoms with Crippen molar-refractivity contribution < 1.29 is 19.1 Å². The average Bonchev–Trinajstić information content (AvgIpc) is 3.12. The van der Waals surface area contributed by atoms with E-state index in [1.807, 2.05) is 91.9 Å². The Labute approximate surface area is 199 Å². The summed E-state index contributed by atoms with van der Waals surface area (Å²) in [6.07, 6.45) is 1.73. The second-order valence-electron chi connectivity index (χ2n) is 8.12. The largest absolute Gasteiger partial charge is 0.489 e. The summed E-state index contributed by atoms with van der Waals surface area (Å²) in [5.74, 6) is -0.0238. The van der Waals surface area contributed by atoms with E-state index in [2.05, 4.69) is 0 Å². The van der Waals surface area contributed by atoms with Gasteiger partial charge in [-0.05, 0) is 48.7 Å². The van der Waals surface area contributed by atoms with E-state index in [0.717, 1.165) is 22.4 Å². The topological polar surface area (TPSA) is 55.8 Å². The minimum absolute atomic E-state index is 0.223. The molecule has 5 heteroatoms. The first-order valence-electron chi connectivity index (χ1n) is 11.2. The summed E-state index contributed by atoms with van der Waals surface area (Å²) >= 11 is 0. The number of carbonyl (C=O) groups is 2. The number of methoxy groups -OCH3 is 1. The van der Waals surface area contributed by atoms with E-state index >= 15 is 0 Å². The molecule has 0 bridgehead atoms. The molecular formula is C29H27NO4. The fourth-order valence-electron chi connectivity index (χ4n) is 4.11. The predicted octanol–water partition coefficient (Wildman–Crippen LogP) is 5.70.